The van der Waals surface area contributed by atoms with Crippen LogP contribution in [0, 0.1) is 18.8 Å². The highest BCUT2D eigenvalue weighted by Crippen LogP contribution is 2.34. The number of anilines is 1. The van der Waals surface area contributed by atoms with Crippen molar-refractivity contribution in [3.8, 4) is 0 Å². The highest BCUT2D eigenvalue weighted by atomic mass is 32.2. The minimum Gasteiger partial charge on any atom is -0.356 e. The number of nitrogens with zero attached hydrogens (tertiary/aromatic N) is 5. The fourth-order valence-corrected chi connectivity index (χ4v) is 6.51. The topological polar surface area (TPSA) is 86.7 Å². The lowest BCUT2D eigenvalue weighted by Gasteiger charge is -2.22. The zero-order valence-corrected chi connectivity index (χ0v) is 18.5. The first kappa shape index (κ1) is 20.4. The molecule has 1 amide bonds. The highest BCUT2D eigenvalue weighted by Gasteiger charge is 2.42. The summed E-state index contributed by atoms with van der Waals surface area (Å²) in [6, 6.07) is 8.43. The quantitative estimate of drug-likeness (QED) is 0.719. The monoisotopic (exact) mass is 441 g/mol. The number of hydrogen-bond donors (Lipinski definition) is 0. The third kappa shape index (κ3) is 3.80. The minimum absolute atomic E-state index is 0.0241. The Morgan fingerprint density at radius 3 is 2.23 bits per heavy atom. The van der Waals surface area contributed by atoms with Crippen LogP contribution in [0.5, 0.6) is 0 Å². The second kappa shape index (κ2) is 7.87. The summed E-state index contributed by atoms with van der Waals surface area (Å²) in [5.41, 5.74) is 1.50. The van der Waals surface area contributed by atoms with E-state index in [0.717, 1.165) is 50.5 Å². The molecule has 0 saturated carbocycles. The molecule has 9 heteroatoms. The molecular weight excluding hydrogens is 414 g/mol. The molecule has 31 heavy (non-hydrogen) atoms. The highest BCUT2D eigenvalue weighted by molar-refractivity contribution is 7.89. The third-order valence-corrected chi connectivity index (χ3v) is 8.60. The van der Waals surface area contributed by atoms with E-state index in [1.807, 2.05) is 17.9 Å². The first-order valence-corrected chi connectivity index (χ1v) is 12.3. The standard InChI is InChI=1S/C22H27N5O3S/c1-16-10-21(24-15-23-16)25-11-18-13-26(14-19(18)12-25)22(28)17-4-6-20(7-5-17)31(29,30)27-8-2-3-9-27/h4-7,10,15,18-19H,2-3,8-9,11-14H2,1H3. The maximum Gasteiger partial charge on any atom is 0.253 e. The van der Waals surface area contributed by atoms with E-state index in [0.29, 0.717) is 30.5 Å². The van der Waals surface area contributed by atoms with Crippen LogP contribution in [-0.4, -0.2) is 72.8 Å². The summed E-state index contributed by atoms with van der Waals surface area (Å²) < 4.78 is 26.9. The molecule has 0 spiro atoms. The maximum absolute atomic E-state index is 13.0. The van der Waals surface area contributed by atoms with Crippen molar-refractivity contribution in [1.29, 1.82) is 0 Å². The van der Waals surface area contributed by atoms with Gasteiger partial charge < -0.3 is 9.80 Å². The van der Waals surface area contributed by atoms with Crippen molar-refractivity contribution in [3.05, 3.63) is 47.9 Å². The van der Waals surface area contributed by atoms with Crippen molar-refractivity contribution in [2.45, 2.75) is 24.7 Å². The predicted molar refractivity (Wildman–Crippen MR) is 116 cm³/mol. The van der Waals surface area contributed by atoms with Gasteiger partial charge in [0.1, 0.15) is 12.1 Å². The van der Waals surface area contributed by atoms with E-state index < -0.39 is 10.0 Å². The fourth-order valence-electron chi connectivity index (χ4n) is 4.99. The first-order chi connectivity index (χ1) is 14.9. The van der Waals surface area contributed by atoms with Gasteiger partial charge in [0.25, 0.3) is 5.91 Å². The molecule has 4 heterocycles. The van der Waals surface area contributed by atoms with Gasteiger partial charge in [0, 0.05) is 68.4 Å². The number of rotatable bonds is 4. The lowest BCUT2D eigenvalue weighted by atomic mass is 10.0. The van der Waals surface area contributed by atoms with Crippen LogP contribution in [0.4, 0.5) is 5.82 Å². The van der Waals surface area contributed by atoms with Gasteiger partial charge >= 0.3 is 0 Å². The number of carbonyl (C=O) groups is 1. The number of likely N-dealkylation sites (tertiary alicyclic amines) is 1. The smallest absolute Gasteiger partial charge is 0.253 e. The fraction of sp³-hybridized carbons (Fsp3) is 0.500. The van der Waals surface area contributed by atoms with Crippen LogP contribution in [-0.2, 0) is 10.0 Å². The molecule has 3 fully saturated rings. The predicted octanol–water partition coefficient (Wildman–Crippen LogP) is 1.78. The van der Waals surface area contributed by atoms with Crippen LogP contribution in [0.3, 0.4) is 0 Å². The zero-order chi connectivity index (χ0) is 21.6. The first-order valence-electron chi connectivity index (χ1n) is 10.8. The minimum atomic E-state index is -3.46. The van der Waals surface area contributed by atoms with Crippen molar-refractivity contribution in [1.82, 2.24) is 19.2 Å². The van der Waals surface area contributed by atoms with E-state index in [1.165, 1.54) is 4.31 Å². The van der Waals surface area contributed by atoms with Gasteiger partial charge in [-0.2, -0.15) is 4.31 Å². The SMILES string of the molecule is Cc1cc(N2CC3CN(C(=O)c4ccc(S(=O)(=O)N5CCCC5)cc4)CC3C2)ncn1. The van der Waals surface area contributed by atoms with Gasteiger partial charge in [-0.3, -0.25) is 4.79 Å². The molecule has 1 aromatic carbocycles. The summed E-state index contributed by atoms with van der Waals surface area (Å²) >= 11 is 0. The van der Waals surface area contributed by atoms with Gasteiger partial charge in [0.15, 0.2) is 0 Å². The van der Waals surface area contributed by atoms with Crippen LogP contribution >= 0.6 is 0 Å². The van der Waals surface area contributed by atoms with Crippen molar-refractivity contribution < 1.29 is 13.2 Å². The van der Waals surface area contributed by atoms with Gasteiger partial charge in [-0.1, -0.05) is 0 Å². The molecule has 0 bridgehead atoms. The van der Waals surface area contributed by atoms with Crippen molar-refractivity contribution >= 4 is 21.7 Å². The molecule has 164 valence electrons. The maximum atomic E-state index is 13.0. The van der Waals surface area contributed by atoms with Crippen LogP contribution in [0.25, 0.3) is 0 Å². The Kier molecular flexibility index (Phi) is 5.18. The molecule has 1 aromatic heterocycles. The lowest BCUT2D eigenvalue weighted by molar-refractivity contribution is 0.0782. The Bertz CT molecular complexity index is 1070. The number of carbonyl (C=O) groups excluding carboxylic acids is 1. The van der Waals surface area contributed by atoms with Crippen molar-refractivity contribution in [2.24, 2.45) is 11.8 Å². The van der Waals surface area contributed by atoms with Gasteiger partial charge in [-0.15, -0.1) is 0 Å². The number of amides is 1. The van der Waals surface area contributed by atoms with Crippen LogP contribution in [0.2, 0.25) is 0 Å². The Labute approximate surface area is 182 Å². The Morgan fingerprint density at radius 2 is 1.61 bits per heavy atom. The van der Waals surface area contributed by atoms with E-state index in [4.69, 9.17) is 0 Å². The van der Waals surface area contributed by atoms with Crippen LogP contribution in [0.1, 0.15) is 28.9 Å². The molecular formula is C22H27N5O3S. The molecule has 3 saturated heterocycles. The molecule has 3 aliphatic rings. The summed E-state index contributed by atoms with van der Waals surface area (Å²) in [4.78, 5) is 26.0. The largest absolute Gasteiger partial charge is 0.356 e. The molecule has 0 N–H and O–H groups in total. The average molecular weight is 442 g/mol. The van der Waals surface area contributed by atoms with E-state index in [2.05, 4.69) is 14.9 Å². The van der Waals surface area contributed by atoms with Crippen LogP contribution < -0.4 is 4.90 Å². The van der Waals surface area contributed by atoms with Gasteiger partial charge in [0.2, 0.25) is 10.0 Å². The molecule has 2 atom stereocenters. The molecule has 8 nitrogen and oxygen atoms in total. The summed E-state index contributed by atoms with van der Waals surface area (Å²) in [6.07, 6.45) is 3.41. The second-order valence-corrected chi connectivity index (χ2v) is 10.7. The molecule has 0 aliphatic carbocycles. The summed E-state index contributed by atoms with van der Waals surface area (Å²) in [5.74, 6) is 1.78. The third-order valence-electron chi connectivity index (χ3n) is 6.69. The van der Waals surface area contributed by atoms with Gasteiger partial charge in [0.05, 0.1) is 4.90 Å². The number of fused-ring (bicyclic) bond motifs is 1. The van der Waals surface area contributed by atoms with E-state index >= 15 is 0 Å². The normalized spacial score (nSPS) is 24.0. The van der Waals surface area contributed by atoms with Gasteiger partial charge in [-0.05, 0) is 44.0 Å². The van der Waals surface area contributed by atoms with E-state index in [1.54, 1.807) is 30.6 Å². The number of benzene rings is 1. The summed E-state index contributed by atoms with van der Waals surface area (Å²) in [6.45, 7) is 6.33. The van der Waals surface area contributed by atoms with E-state index in [-0.39, 0.29) is 10.8 Å². The van der Waals surface area contributed by atoms with Crippen molar-refractivity contribution in [2.75, 3.05) is 44.2 Å². The molecule has 3 aliphatic heterocycles. The summed E-state index contributed by atoms with van der Waals surface area (Å²) in [5, 5.41) is 0. The number of hydrogen-bond acceptors (Lipinski definition) is 6. The van der Waals surface area contributed by atoms with Gasteiger partial charge in [-0.25, -0.2) is 18.4 Å². The summed E-state index contributed by atoms with van der Waals surface area (Å²) in [7, 11) is -3.46. The van der Waals surface area contributed by atoms with E-state index in [9.17, 15) is 13.2 Å². The Hall–Kier alpha value is -2.52. The lowest BCUT2D eigenvalue weighted by Crippen LogP contribution is -2.33. The van der Waals surface area contributed by atoms with Crippen LogP contribution in [0.15, 0.2) is 41.6 Å². The molecule has 0 radical (unpaired) electrons. The number of aromatic nitrogens is 2. The average Bonchev–Trinajstić information content (AvgIpc) is 3.50. The second-order valence-electron chi connectivity index (χ2n) is 8.79. The molecule has 2 aromatic rings. The zero-order valence-electron chi connectivity index (χ0n) is 17.6. The van der Waals surface area contributed by atoms with Crippen molar-refractivity contribution in [3.63, 3.8) is 0 Å². The molecule has 2 unspecified atom stereocenters. The number of sulfonamides is 1. The Balaban J connectivity index is 1.23. The molecule has 5 rings (SSSR count). The Morgan fingerprint density at radius 1 is 0.968 bits per heavy atom. The number of aryl methyl sites for hydroxylation is 1.